The molecule has 0 spiro atoms. The van der Waals surface area contributed by atoms with Crippen LogP contribution < -0.4 is 4.74 Å². The largest absolute Gasteiger partial charge is 0.493 e. The third kappa shape index (κ3) is 7.13. The lowest BCUT2D eigenvalue weighted by Gasteiger charge is -2.13. The minimum Gasteiger partial charge on any atom is -0.493 e. The van der Waals surface area contributed by atoms with E-state index in [9.17, 15) is 18.0 Å². The summed E-state index contributed by atoms with van der Waals surface area (Å²) in [7, 11) is 0. The van der Waals surface area contributed by atoms with Crippen LogP contribution in [0.3, 0.4) is 0 Å². The van der Waals surface area contributed by atoms with E-state index in [1.165, 1.54) is 12.1 Å². The molecule has 1 heterocycles. The van der Waals surface area contributed by atoms with Gasteiger partial charge in [0.15, 0.2) is 0 Å². The molecule has 0 bridgehead atoms. The topological polar surface area (TPSA) is 48.7 Å². The minimum atomic E-state index is -4.49. The SMILES string of the molecule is C=C(C)C(=O)OCC(C)COc1ccc2cc(-c3ccc(CCCCC)cc3C(F)(F)F)oc2c1. The van der Waals surface area contributed by atoms with Crippen LogP contribution in [-0.2, 0) is 22.1 Å². The van der Waals surface area contributed by atoms with E-state index in [0.29, 0.717) is 40.9 Å². The third-order valence-electron chi connectivity index (χ3n) is 5.60. The van der Waals surface area contributed by atoms with Crippen molar-refractivity contribution in [1.82, 2.24) is 0 Å². The molecule has 4 nitrogen and oxygen atoms in total. The summed E-state index contributed by atoms with van der Waals surface area (Å²) in [6.07, 6.45) is -1.03. The maximum absolute atomic E-state index is 13.9. The van der Waals surface area contributed by atoms with Gasteiger partial charge in [0, 0.05) is 28.5 Å². The summed E-state index contributed by atoms with van der Waals surface area (Å²) in [5.74, 6) is 0.156. The van der Waals surface area contributed by atoms with E-state index in [1.807, 2.05) is 6.92 Å². The summed E-state index contributed by atoms with van der Waals surface area (Å²) in [5.41, 5.74) is 0.754. The van der Waals surface area contributed by atoms with Gasteiger partial charge < -0.3 is 13.9 Å². The van der Waals surface area contributed by atoms with Gasteiger partial charge in [0.1, 0.15) is 17.1 Å². The second-order valence-corrected chi connectivity index (χ2v) is 8.94. The normalized spacial score (nSPS) is 12.5. The van der Waals surface area contributed by atoms with Crippen LogP contribution in [0.5, 0.6) is 5.75 Å². The molecule has 0 saturated heterocycles. The van der Waals surface area contributed by atoms with Gasteiger partial charge in [-0.3, -0.25) is 0 Å². The number of hydrogen-bond donors (Lipinski definition) is 0. The maximum Gasteiger partial charge on any atom is 0.417 e. The van der Waals surface area contributed by atoms with Crippen molar-refractivity contribution in [2.45, 2.75) is 52.6 Å². The van der Waals surface area contributed by atoms with E-state index in [2.05, 4.69) is 13.5 Å². The molecular formula is C28H31F3O4. The fraction of sp³-hybridized carbons (Fsp3) is 0.393. The number of furan rings is 1. The summed E-state index contributed by atoms with van der Waals surface area (Å²) >= 11 is 0. The summed E-state index contributed by atoms with van der Waals surface area (Å²) in [6.45, 7) is 9.53. The predicted octanol–water partition coefficient (Wildman–Crippen LogP) is 7.99. The number of hydrogen-bond acceptors (Lipinski definition) is 4. The van der Waals surface area contributed by atoms with Crippen LogP contribution in [0.25, 0.3) is 22.3 Å². The van der Waals surface area contributed by atoms with E-state index >= 15 is 0 Å². The standard InChI is InChI=1S/C28H31F3O4/c1-5-6-7-8-20-9-12-23(24(13-20)28(29,30)31)26-14-21-10-11-22(15-25(21)35-26)33-16-19(4)17-34-27(32)18(2)3/h9-15,19H,2,5-8,16-17H2,1,3-4H3. The summed E-state index contributed by atoms with van der Waals surface area (Å²) in [5, 5.41) is 0.677. The second kappa shape index (κ2) is 11.5. The third-order valence-corrected chi connectivity index (χ3v) is 5.60. The van der Waals surface area contributed by atoms with Crippen molar-refractivity contribution in [3.63, 3.8) is 0 Å². The van der Waals surface area contributed by atoms with Gasteiger partial charge in [-0.1, -0.05) is 45.4 Å². The minimum absolute atomic E-state index is 0.0170. The Kier molecular flexibility index (Phi) is 8.65. The molecule has 1 atom stereocenters. The molecule has 0 amide bonds. The highest BCUT2D eigenvalue weighted by atomic mass is 19.4. The van der Waals surface area contributed by atoms with E-state index < -0.39 is 17.7 Å². The Morgan fingerprint density at radius 1 is 1.09 bits per heavy atom. The number of carbonyl (C=O) groups is 1. The molecule has 0 radical (unpaired) electrons. The molecule has 0 N–H and O–H groups in total. The van der Waals surface area contributed by atoms with Crippen LogP contribution in [-0.4, -0.2) is 19.2 Å². The zero-order chi connectivity index (χ0) is 25.6. The van der Waals surface area contributed by atoms with Gasteiger partial charge in [0.05, 0.1) is 18.8 Å². The number of benzene rings is 2. The van der Waals surface area contributed by atoms with Gasteiger partial charge in [-0.05, 0) is 49.6 Å². The van der Waals surface area contributed by atoms with Crippen molar-refractivity contribution in [3.05, 3.63) is 65.7 Å². The van der Waals surface area contributed by atoms with Gasteiger partial charge in [0.2, 0.25) is 0 Å². The van der Waals surface area contributed by atoms with E-state index in [0.717, 1.165) is 19.3 Å². The van der Waals surface area contributed by atoms with Crippen molar-refractivity contribution >= 4 is 16.9 Å². The zero-order valence-corrected chi connectivity index (χ0v) is 20.3. The molecule has 7 heteroatoms. The molecule has 1 unspecified atom stereocenters. The number of alkyl halides is 3. The molecule has 0 fully saturated rings. The number of halogens is 3. The smallest absolute Gasteiger partial charge is 0.417 e. The lowest BCUT2D eigenvalue weighted by molar-refractivity contribution is -0.140. The van der Waals surface area contributed by atoms with Crippen molar-refractivity contribution in [2.75, 3.05) is 13.2 Å². The van der Waals surface area contributed by atoms with Crippen LogP contribution in [0.4, 0.5) is 13.2 Å². The Morgan fingerprint density at radius 2 is 1.86 bits per heavy atom. The van der Waals surface area contributed by atoms with Gasteiger partial charge in [-0.25, -0.2) is 4.79 Å². The highest BCUT2D eigenvalue weighted by molar-refractivity contribution is 5.87. The fourth-order valence-corrected chi connectivity index (χ4v) is 3.64. The predicted molar refractivity (Wildman–Crippen MR) is 130 cm³/mol. The first-order valence-corrected chi connectivity index (χ1v) is 11.8. The molecule has 0 aliphatic heterocycles. The first kappa shape index (κ1) is 26.4. The maximum atomic E-state index is 13.9. The number of esters is 1. The number of unbranched alkanes of at least 4 members (excludes halogenated alkanes) is 2. The molecule has 2 aromatic carbocycles. The monoisotopic (exact) mass is 488 g/mol. The quantitative estimate of drug-likeness (QED) is 0.156. The lowest BCUT2D eigenvalue weighted by Crippen LogP contribution is -2.18. The molecule has 0 aliphatic carbocycles. The van der Waals surface area contributed by atoms with Crippen molar-refractivity contribution in [3.8, 4) is 17.1 Å². The number of rotatable bonds is 11. The first-order chi connectivity index (χ1) is 16.6. The van der Waals surface area contributed by atoms with Gasteiger partial charge >= 0.3 is 12.1 Å². The molecule has 188 valence electrons. The van der Waals surface area contributed by atoms with Crippen LogP contribution in [0.2, 0.25) is 0 Å². The zero-order valence-electron chi connectivity index (χ0n) is 20.3. The van der Waals surface area contributed by atoms with Crippen LogP contribution in [0.15, 0.2) is 59.0 Å². The van der Waals surface area contributed by atoms with E-state index in [4.69, 9.17) is 13.9 Å². The van der Waals surface area contributed by atoms with Crippen LogP contribution in [0.1, 0.15) is 51.2 Å². The Balaban J connectivity index is 1.76. The van der Waals surface area contributed by atoms with Crippen LogP contribution in [0, 0.1) is 5.92 Å². The Morgan fingerprint density at radius 3 is 2.54 bits per heavy atom. The molecule has 3 aromatic rings. The Bertz CT molecular complexity index is 1180. The number of ether oxygens (including phenoxy) is 2. The van der Waals surface area contributed by atoms with Gasteiger partial charge in [-0.2, -0.15) is 13.2 Å². The average molecular weight is 489 g/mol. The fourth-order valence-electron chi connectivity index (χ4n) is 3.64. The van der Waals surface area contributed by atoms with Crippen molar-refractivity contribution < 1.29 is 31.9 Å². The number of fused-ring (bicyclic) bond motifs is 1. The Hall–Kier alpha value is -3.22. The Labute approximate surface area is 203 Å². The average Bonchev–Trinajstić information content (AvgIpc) is 3.24. The van der Waals surface area contributed by atoms with Gasteiger partial charge in [0.25, 0.3) is 0 Å². The van der Waals surface area contributed by atoms with E-state index in [1.54, 1.807) is 37.3 Å². The highest BCUT2D eigenvalue weighted by Gasteiger charge is 2.34. The highest BCUT2D eigenvalue weighted by Crippen LogP contribution is 2.40. The van der Waals surface area contributed by atoms with Crippen molar-refractivity contribution in [2.24, 2.45) is 5.92 Å². The number of carbonyl (C=O) groups excluding carboxylic acids is 1. The summed E-state index contributed by atoms with van der Waals surface area (Å²) in [4.78, 5) is 11.5. The molecule has 3 rings (SSSR count). The van der Waals surface area contributed by atoms with Crippen LogP contribution >= 0.6 is 0 Å². The summed E-state index contributed by atoms with van der Waals surface area (Å²) in [6, 6.07) is 11.2. The molecule has 35 heavy (non-hydrogen) atoms. The van der Waals surface area contributed by atoms with Gasteiger partial charge in [-0.15, -0.1) is 0 Å². The molecule has 0 saturated carbocycles. The molecule has 0 aliphatic rings. The van der Waals surface area contributed by atoms with Crippen molar-refractivity contribution in [1.29, 1.82) is 0 Å². The summed E-state index contributed by atoms with van der Waals surface area (Å²) < 4.78 is 58.3. The molecule has 1 aromatic heterocycles. The van der Waals surface area contributed by atoms with E-state index in [-0.39, 0.29) is 23.8 Å². The number of aryl methyl sites for hydroxylation is 1. The first-order valence-electron chi connectivity index (χ1n) is 11.8. The lowest BCUT2D eigenvalue weighted by atomic mass is 9.98. The second-order valence-electron chi connectivity index (χ2n) is 8.94. The molecular weight excluding hydrogens is 457 g/mol.